The number of ether oxygens (including phenoxy) is 3. The number of carboxylic acids is 1. The Hall–Kier alpha value is -1.95. The van der Waals surface area contributed by atoms with Crippen LogP contribution in [0.2, 0.25) is 0 Å². The number of carbonyl (C=O) groups is 1. The van der Waals surface area contributed by atoms with Crippen molar-refractivity contribution in [3.63, 3.8) is 0 Å². The van der Waals surface area contributed by atoms with E-state index in [2.05, 4.69) is 25.7 Å². The highest BCUT2D eigenvalue weighted by Gasteiger charge is 2.31. The zero-order valence-electron chi connectivity index (χ0n) is 18.3. The van der Waals surface area contributed by atoms with Gasteiger partial charge in [-0.15, -0.1) is 0 Å². The molecule has 0 saturated heterocycles. The number of aromatic carboxylic acids is 1. The van der Waals surface area contributed by atoms with Crippen molar-refractivity contribution < 1.29 is 24.1 Å². The fourth-order valence-electron chi connectivity index (χ4n) is 3.80. The minimum atomic E-state index is -0.989. The molecule has 6 nitrogen and oxygen atoms in total. The van der Waals surface area contributed by atoms with Crippen molar-refractivity contribution in [3.05, 3.63) is 17.2 Å². The van der Waals surface area contributed by atoms with E-state index in [1.807, 2.05) is 0 Å². The summed E-state index contributed by atoms with van der Waals surface area (Å²) in [5.74, 6) is 0.261. The van der Waals surface area contributed by atoms with Gasteiger partial charge in [0.15, 0.2) is 11.5 Å². The molecule has 1 aromatic rings. The van der Waals surface area contributed by atoms with Crippen LogP contribution in [0.1, 0.15) is 81.3 Å². The first-order chi connectivity index (χ1) is 13.5. The van der Waals surface area contributed by atoms with Gasteiger partial charge in [-0.05, 0) is 25.6 Å². The molecule has 1 rings (SSSR count). The summed E-state index contributed by atoms with van der Waals surface area (Å²) in [7, 11) is 4.59. The molecular formula is C22H37NO5. The minimum Gasteiger partial charge on any atom is -0.493 e. The van der Waals surface area contributed by atoms with E-state index in [0.717, 1.165) is 32.4 Å². The topological polar surface area (TPSA) is 68.2 Å². The Morgan fingerprint density at radius 2 is 1.57 bits per heavy atom. The Balaban J connectivity index is 3.48. The number of carboxylic acid groups (broad SMARTS) is 1. The fraction of sp³-hybridized carbons (Fsp3) is 0.682. The van der Waals surface area contributed by atoms with Gasteiger partial charge < -0.3 is 19.3 Å². The van der Waals surface area contributed by atoms with E-state index >= 15 is 0 Å². The third-order valence-corrected chi connectivity index (χ3v) is 5.27. The second-order valence-electron chi connectivity index (χ2n) is 6.85. The normalized spacial score (nSPS) is 12.1. The molecule has 28 heavy (non-hydrogen) atoms. The van der Waals surface area contributed by atoms with Crippen LogP contribution in [0, 0.1) is 0 Å². The van der Waals surface area contributed by atoms with Crippen molar-refractivity contribution in [2.45, 2.75) is 65.3 Å². The third-order valence-electron chi connectivity index (χ3n) is 5.27. The summed E-state index contributed by atoms with van der Waals surface area (Å²) in [6, 6.07) is 1.49. The molecule has 0 fully saturated rings. The molecule has 1 atom stereocenters. The zero-order valence-corrected chi connectivity index (χ0v) is 18.3. The summed E-state index contributed by atoms with van der Waals surface area (Å²) >= 11 is 0. The van der Waals surface area contributed by atoms with Gasteiger partial charge in [-0.25, -0.2) is 4.79 Å². The van der Waals surface area contributed by atoms with Crippen molar-refractivity contribution in [2.75, 3.05) is 34.4 Å². The molecule has 1 aromatic carbocycles. The smallest absolute Gasteiger partial charge is 0.336 e. The largest absolute Gasteiger partial charge is 0.493 e. The summed E-state index contributed by atoms with van der Waals surface area (Å²) in [5.41, 5.74) is 0.881. The van der Waals surface area contributed by atoms with E-state index in [0.29, 0.717) is 22.8 Å². The van der Waals surface area contributed by atoms with Crippen LogP contribution in [0.3, 0.4) is 0 Å². The Bertz CT molecular complexity index is 613. The van der Waals surface area contributed by atoms with E-state index in [-0.39, 0.29) is 11.6 Å². The van der Waals surface area contributed by atoms with Crippen molar-refractivity contribution >= 4 is 5.97 Å². The van der Waals surface area contributed by atoms with Gasteiger partial charge in [-0.2, -0.15) is 0 Å². The molecule has 0 aromatic heterocycles. The van der Waals surface area contributed by atoms with Gasteiger partial charge >= 0.3 is 5.97 Å². The lowest BCUT2D eigenvalue weighted by atomic mass is 9.92. The van der Waals surface area contributed by atoms with Crippen molar-refractivity contribution in [3.8, 4) is 17.2 Å². The molecule has 0 aliphatic rings. The van der Waals surface area contributed by atoms with Crippen LogP contribution in [0.5, 0.6) is 17.2 Å². The lowest BCUT2D eigenvalue weighted by Crippen LogP contribution is -2.30. The van der Waals surface area contributed by atoms with Gasteiger partial charge in [0, 0.05) is 11.6 Å². The highest BCUT2D eigenvalue weighted by atomic mass is 16.5. The Morgan fingerprint density at radius 1 is 0.964 bits per heavy atom. The molecule has 0 bridgehead atoms. The molecule has 0 aliphatic carbocycles. The van der Waals surface area contributed by atoms with E-state index in [1.54, 1.807) is 20.3 Å². The average molecular weight is 396 g/mol. The van der Waals surface area contributed by atoms with E-state index in [4.69, 9.17) is 14.2 Å². The van der Waals surface area contributed by atoms with Gasteiger partial charge in [-0.3, -0.25) is 4.90 Å². The first kappa shape index (κ1) is 24.1. The number of methoxy groups -OCH3 is 3. The monoisotopic (exact) mass is 395 g/mol. The molecule has 0 spiro atoms. The van der Waals surface area contributed by atoms with Crippen molar-refractivity contribution in [1.29, 1.82) is 0 Å². The molecule has 160 valence electrons. The van der Waals surface area contributed by atoms with E-state index in [1.165, 1.54) is 26.4 Å². The highest BCUT2D eigenvalue weighted by Crippen LogP contribution is 2.47. The van der Waals surface area contributed by atoms with Gasteiger partial charge in [0.05, 0.1) is 26.9 Å². The maximum absolute atomic E-state index is 12.1. The predicted octanol–water partition coefficient (Wildman–Crippen LogP) is 5.15. The number of nitrogens with zero attached hydrogens (tertiary/aromatic N) is 1. The second kappa shape index (κ2) is 12.5. The number of hydrogen-bond donors (Lipinski definition) is 1. The minimum absolute atomic E-state index is 0.0579. The molecule has 6 heteroatoms. The Morgan fingerprint density at radius 3 is 2.04 bits per heavy atom. The van der Waals surface area contributed by atoms with Crippen LogP contribution in [0.15, 0.2) is 6.07 Å². The number of hydrogen-bond acceptors (Lipinski definition) is 5. The van der Waals surface area contributed by atoms with Crippen LogP contribution >= 0.6 is 0 Å². The lowest BCUT2D eigenvalue weighted by molar-refractivity contribution is 0.0690. The Labute approximate surface area is 169 Å². The van der Waals surface area contributed by atoms with Gasteiger partial charge in [-0.1, -0.05) is 52.9 Å². The van der Waals surface area contributed by atoms with E-state index in [9.17, 15) is 9.90 Å². The summed E-state index contributed by atoms with van der Waals surface area (Å²) in [6.07, 6.45) is 6.69. The van der Waals surface area contributed by atoms with Crippen LogP contribution in [-0.2, 0) is 0 Å². The summed E-state index contributed by atoms with van der Waals surface area (Å²) in [4.78, 5) is 14.4. The summed E-state index contributed by atoms with van der Waals surface area (Å²) in [5, 5.41) is 9.92. The lowest BCUT2D eigenvalue weighted by Gasteiger charge is -2.33. The second-order valence-corrected chi connectivity index (χ2v) is 6.85. The van der Waals surface area contributed by atoms with Crippen LogP contribution in [-0.4, -0.2) is 50.4 Å². The zero-order chi connectivity index (χ0) is 21.1. The molecule has 1 unspecified atom stereocenters. The van der Waals surface area contributed by atoms with E-state index < -0.39 is 5.97 Å². The first-order valence-electron chi connectivity index (χ1n) is 10.3. The quantitative estimate of drug-likeness (QED) is 0.439. The number of rotatable bonds is 14. The summed E-state index contributed by atoms with van der Waals surface area (Å²) < 4.78 is 16.6. The van der Waals surface area contributed by atoms with Crippen LogP contribution < -0.4 is 14.2 Å². The standard InChI is InChI=1S/C22H37NO5/c1-7-10-11-12-13-14-17(23(8-2)9-3)19-16(22(24)25)15-18(26-4)20(27-5)21(19)28-6/h15,17H,7-14H2,1-6H3,(H,24,25). The molecule has 0 heterocycles. The molecule has 0 radical (unpaired) electrons. The van der Waals surface area contributed by atoms with Crippen LogP contribution in [0.25, 0.3) is 0 Å². The average Bonchev–Trinajstić information content (AvgIpc) is 2.71. The predicted molar refractivity (Wildman–Crippen MR) is 112 cm³/mol. The molecule has 0 saturated carbocycles. The van der Waals surface area contributed by atoms with Gasteiger partial charge in [0.2, 0.25) is 5.75 Å². The van der Waals surface area contributed by atoms with Gasteiger partial charge in [0.25, 0.3) is 0 Å². The maximum atomic E-state index is 12.1. The molecular weight excluding hydrogens is 358 g/mol. The van der Waals surface area contributed by atoms with Crippen molar-refractivity contribution in [1.82, 2.24) is 4.90 Å². The highest BCUT2D eigenvalue weighted by molar-refractivity contribution is 5.92. The number of benzene rings is 1. The fourth-order valence-corrected chi connectivity index (χ4v) is 3.80. The van der Waals surface area contributed by atoms with Crippen LogP contribution in [0.4, 0.5) is 0 Å². The third kappa shape index (κ3) is 5.77. The maximum Gasteiger partial charge on any atom is 0.336 e. The molecule has 0 amide bonds. The Kier molecular flexibility index (Phi) is 10.8. The summed E-state index contributed by atoms with van der Waals surface area (Å²) in [6.45, 7) is 8.05. The molecule has 1 N–H and O–H groups in total. The van der Waals surface area contributed by atoms with Gasteiger partial charge in [0.1, 0.15) is 0 Å². The first-order valence-corrected chi connectivity index (χ1v) is 10.3. The molecule has 0 aliphatic heterocycles. The van der Waals surface area contributed by atoms with Crippen molar-refractivity contribution in [2.24, 2.45) is 0 Å². The number of unbranched alkanes of at least 4 members (excludes halogenated alkanes) is 4. The SMILES string of the molecule is CCCCCCCC(c1c(C(=O)O)cc(OC)c(OC)c1OC)N(CC)CC.